The number of fused-ring (bicyclic) bond motifs is 1. The third-order valence-electron chi connectivity index (χ3n) is 4.98. The van der Waals surface area contributed by atoms with Crippen LogP contribution in [0.5, 0.6) is 0 Å². The lowest BCUT2D eigenvalue weighted by Crippen LogP contribution is -2.40. The summed E-state index contributed by atoms with van der Waals surface area (Å²) < 4.78 is 28.6. The molecule has 0 fully saturated rings. The summed E-state index contributed by atoms with van der Waals surface area (Å²) in [6, 6.07) is 14.2. The molecule has 1 atom stereocenters. The molecular weight excluding hydrogens is 396 g/mol. The van der Waals surface area contributed by atoms with Gasteiger partial charge in [0.2, 0.25) is 10.0 Å². The number of hydrogen-bond donors (Lipinski definition) is 1. The monoisotopic (exact) mass is 418 g/mol. The molecule has 0 aliphatic carbocycles. The van der Waals surface area contributed by atoms with Gasteiger partial charge in [0.25, 0.3) is 0 Å². The molecule has 0 amide bonds. The quantitative estimate of drug-likeness (QED) is 0.653. The second kappa shape index (κ2) is 7.85. The van der Waals surface area contributed by atoms with E-state index in [2.05, 4.69) is 50.7 Å². The molecule has 1 aliphatic rings. The van der Waals surface area contributed by atoms with Gasteiger partial charge in [-0.2, -0.15) is 11.3 Å². The Bertz CT molecular complexity index is 1010. The van der Waals surface area contributed by atoms with E-state index in [1.165, 1.54) is 28.0 Å². The Morgan fingerprint density at radius 2 is 1.96 bits per heavy atom. The Kier molecular flexibility index (Phi) is 5.48. The molecular formula is C20H22N2O2S3. The summed E-state index contributed by atoms with van der Waals surface area (Å²) in [5.41, 5.74) is 3.90. The zero-order chi connectivity index (χ0) is 18.9. The summed E-state index contributed by atoms with van der Waals surface area (Å²) in [6.07, 6.45) is 0.994. The fraction of sp³-hybridized carbons (Fsp3) is 0.300. The predicted octanol–water partition coefficient (Wildman–Crippen LogP) is 4.20. The van der Waals surface area contributed by atoms with E-state index in [4.69, 9.17) is 0 Å². The van der Waals surface area contributed by atoms with Gasteiger partial charge in [-0.15, -0.1) is 11.3 Å². The smallest absolute Gasteiger partial charge is 0.250 e. The number of nitrogens with zero attached hydrogens (tertiary/aromatic N) is 1. The largest absolute Gasteiger partial charge is 0.290 e. The van der Waals surface area contributed by atoms with Gasteiger partial charge in [-0.3, -0.25) is 4.90 Å². The highest BCUT2D eigenvalue weighted by Gasteiger charge is 2.27. The van der Waals surface area contributed by atoms with Crippen molar-refractivity contribution in [2.75, 3.05) is 13.1 Å². The zero-order valence-electron chi connectivity index (χ0n) is 15.1. The van der Waals surface area contributed by atoms with Crippen molar-refractivity contribution in [3.05, 3.63) is 74.8 Å². The van der Waals surface area contributed by atoms with Crippen LogP contribution in [0.25, 0.3) is 0 Å². The molecule has 3 heterocycles. The minimum Gasteiger partial charge on any atom is -0.290 e. The van der Waals surface area contributed by atoms with E-state index in [9.17, 15) is 8.42 Å². The number of rotatable bonds is 6. The van der Waals surface area contributed by atoms with E-state index in [1.54, 1.807) is 17.4 Å². The molecule has 4 nitrogen and oxygen atoms in total. The van der Waals surface area contributed by atoms with Gasteiger partial charge < -0.3 is 0 Å². The van der Waals surface area contributed by atoms with Gasteiger partial charge in [-0.1, -0.05) is 24.3 Å². The number of aryl methyl sites for hydroxylation is 1. The first-order chi connectivity index (χ1) is 13.0. The van der Waals surface area contributed by atoms with Crippen LogP contribution in [0.15, 0.2) is 57.4 Å². The van der Waals surface area contributed by atoms with E-state index < -0.39 is 10.0 Å². The van der Waals surface area contributed by atoms with Crippen LogP contribution in [0.2, 0.25) is 0 Å². The topological polar surface area (TPSA) is 49.4 Å². The van der Waals surface area contributed by atoms with Crippen LogP contribution in [0, 0.1) is 6.92 Å². The Labute approximate surface area is 168 Å². The Morgan fingerprint density at radius 1 is 1.15 bits per heavy atom. The third kappa shape index (κ3) is 4.17. The number of nitrogens with one attached hydrogen (secondary N) is 1. The Morgan fingerprint density at radius 3 is 2.67 bits per heavy atom. The molecule has 0 saturated carbocycles. The minimum atomic E-state index is -3.48. The maximum Gasteiger partial charge on any atom is 0.250 e. The van der Waals surface area contributed by atoms with Gasteiger partial charge in [0, 0.05) is 30.6 Å². The number of hydrogen-bond acceptors (Lipinski definition) is 5. The van der Waals surface area contributed by atoms with Crippen LogP contribution in [0.1, 0.15) is 27.6 Å². The molecule has 4 rings (SSSR count). The van der Waals surface area contributed by atoms with Gasteiger partial charge in [-0.25, -0.2) is 13.1 Å². The number of sulfonamides is 1. The van der Waals surface area contributed by atoms with Crippen LogP contribution in [0.4, 0.5) is 0 Å². The first-order valence-electron chi connectivity index (χ1n) is 8.92. The molecule has 3 aromatic rings. The van der Waals surface area contributed by atoms with Crippen molar-refractivity contribution in [1.82, 2.24) is 9.62 Å². The van der Waals surface area contributed by atoms with Crippen LogP contribution in [-0.4, -0.2) is 26.4 Å². The number of thiophene rings is 2. The van der Waals surface area contributed by atoms with Gasteiger partial charge in [-0.05, 0) is 59.0 Å². The molecule has 1 N–H and O–H groups in total. The molecule has 1 unspecified atom stereocenters. The van der Waals surface area contributed by atoms with Crippen molar-refractivity contribution in [1.29, 1.82) is 0 Å². The Hall–Kier alpha value is -1.51. The normalized spacial score (nSPS) is 16.2. The molecule has 2 aromatic heterocycles. The highest BCUT2D eigenvalue weighted by Crippen LogP contribution is 2.29. The highest BCUT2D eigenvalue weighted by atomic mass is 32.2. The third-order valence-corrected chi connectivity index (χ3v) is 8.59. The zero-order valence-corrected chi connectivity index (χ0v) is 17.5. The van der Waals surface area contributed by atoms with Crippen molar-refractivity contribution < 1.29 is 8.42 Å². The maximum absolute atomic E-state index is 12.7. The van der Waals surface area contributed by atoms with Gasteiger partial charge in [0.1, 0.15) is 4.21 Å². The molecule has 0 radical (unpaired) electrons. The first-order valence-corrected chi connectivity index (χ1v) is 12.2. The lowest BCUT2D eigenvalue weighted by Gasteiger charge is -2.35. The molecule has 27 heavy (non-hydrogen) atoms. The van der Waals surface area contributed by atoms with E-state index in [1.807, 2.05) is 13.0 Å². The number of benzene rings is 1. The van der Waals surface area contributed by atoms with Crippen molar-refractivity contribution in [2.24, 2.45) is 0 Å². The van der Waals surface area contributed by atoms with Crippen LogP contribution >= 0.6 is 22.7 Å². The summed E-state index contributed by atoms with van der Waals surface area (Å²) in [7, 11) is -3.48. The maximum atomic E-state index is 12.7. The second-order valence-corrected chi connectivity index (χ2v) is 10.8. The van der Waals surface area contributed by atoms with Crippen LogP contribution in [-0.2, 0) is 23.0 Å². The predicted molar refractivity (Wildman–Crippen MR) is 112 cm³/mol. The fourth-order valence-corrected chi connectivity index (χ4v) is 6.60. The summed E-state index contributed by atoms with van der Waals surface area (Å²) in [6.45, 7) is 4.06. The van der Waals surface area contributed by atoms with E-state index >= 15 is 0 Å². The highest BCUT2D eigenvalue weighted by molar-refractivity contribution is 7.91. The van der Waals surface area contributed by atoms with Crippen molar-refractivity contribution in [3.8, 4) is 0 Å². The summed E-state index contributed by atoms with van der Waals surface area (Å²) in [4.78, 5) is 3.38. The van der Waals surface area contributed by atoms with Gasteiger partial charge in [0.15, 0.2) is 0 Å². The second-order valence-electron chi connectivity index (χ2n) is 6.78. The van der Waals surface area contributed by atoms with Crippen molar-refractivity contribution in [2.45, 2.75) is 30.1 Å². The van der Waals surface area contributed by atoms with Crippen LogP contribution in [0.3, 0.4) is 0 Å². The summed E-state index contributed by atoms with van der Waals surface area (Å²) >= 11 is 2.96. The molecule has 7 heteroatoms. The molecule has 1 aromatic carbocycles. The lowest BCUT2D eigenvalue weighted by atomic mass is 9.97. The Balaban J connectivity index is 1.54. The van der Waals surface area contributed by atoms with E-state index in [0.29, 0.717) is 10.8 Å². The van der Waals surface area contributed by atoms with Crippen molar-refractivity contribution in [3.63, 3.8) is 0 Å². The summed E-state index contributed by atoms with van der Waals surface area (Å²) in [5, 5.41) is 4.17. The van der Waals surface area contributed by atoms with Crippen LogP contribution < -0.4 is 4.72 Å². The fourth-order valence-electron chi connectivity index (χ4n) is 3.52. The van der Waals surface area contributed by atoms with E-state index in [-0.39, 0.29) is 6.04 Å². The average Bonchev–Trinajstić information content (AvgIpc) is 3.34. The molecule has 142 valence electrons. The molecule has 0 saturated heterocycles. The molecule has 0 spiro atoms. The van der Waals surface area contributed by atoms with Gasteiger partial charge in [0.05, 0.1) is 0 Å². The lowest BCUT2D eigenvalue weighted by molar-refractivity contribution is 0.181. The average molecular weight is 419 g/mol. The molecule has 0 bridgehead atoms. The van der Waals surface area contributed by atoms with Crippen molar-refractivity contribution >= 4 is 32.7 Å². The van der Waals surface area contributed by atoms with Gasteiger partial charge >= 0.3 is 0 Å². The molecule has 1 aliphatic heterocycles. The summed E-state index contributed by atoms with van der Waals surface area (Å²) in [5.74, 6) is 0. The van der Waals surface area contributed by atoms with E-state index in [0.717, 1.165) is 24.4 Å². The SMILES string of the molecule is Cc1ccc(S(=O)(=O)NCC(c2ccsc2)N2CCc3ccccc3C2)s1. The minimum absolute atomic E-state index is 0.0282. The first kappa shape index (κ1) is 18.8. The standard InChI is InChI=1S/C20H22N2O2S3/c1-15-6-7-20(26-15)27(23,24)21-12-19(18-9-11-25-14-18)22-10-8-16-4-2-3-5-17(16)13-22/h2-7,9,11,14,19,21H,8,10,12-13H2,1H3.